The molecular weight excluding hydrogens is 274 g/mol. The lowest BCUT2D eigenvalue weighted by molar-refractivity contribution is 0.174. The monoisotopic (exact) mass is 295 g/mol. The molecule has 0 saturated carbocycles. The zero-order chi connectivity index (χ0) is 15.1. The van der Waals surface area contributed by atoms with Crippen LogP contribution in [-0.4, -0.2) is 25.3 Å². The summed E-state index contributed by atoms with van der Waals surface area (Å²) in [6.45, 7) is 3.62. The van der Waals surface area contributed by atoms with E-state index in [1.807, 2.05) is 6.07 Å². The Hall–Kier alpha value is -2.00. The molecule has 4 rings (SSSR count). The topological polar surface area (TPSA) is 21.7 Å². The van der Waals surface area contributed by atoms with Crippen LogP contribution in [0.4, 0.5) is 0 Å². The van der Waals surface area contributed by atoms with Crippen molar-refractivity contribution in [3.05, 3.63) is 59.2 Å². The molecule has 1 aliphatic carbocycles. The minimum absolute atomic E-state index is 0.335. The molecule has 1 aliphatic heterocycles. The van der Waals surface area contributed by atoms with Crippen LogP contribution in [0.5, 0.6) is 11.5 Å². The van der Waals surface area contributed by atoms with Gasteiger partial charge in [0, 0.05) is 12.0 Å². The number of rotatable bonds is 3. The zero-order valence-electron chi connectivity index (χ0n) is 13.1. The summed E-state index contributed by atoms with van der Waals surface area (Å²) in [5.74, 6) is 2.17. The van der Waals surface area contributed by atoms with E-state index < -0.39 is 0 Å². The maximum Gasteiger partial charge on any atom is 0.231 e. The highest BCUT2D eigenvalue weighted by atomic mass is 16.7. The minimum Gasteiger partial charge on any atom is -0.454 e. The van der Waals surface area contributed by atoms with Crippen LogP contribution in [0.1, 0.15) is 42.0 Å². The SMILES string of the molecule is CCN(C)[C@H]1C[C@H](c2ccc3c(c2)OCO3)c2ccccc21. The Morgan fingerprint density at radius 1 is 1.05 bits per heavy atom. The molecule has 2 aliphatic rings. The van der Waals surface area contributed by atoms with Gasteiger partial charge in [0.2, 0.25) is 6.79 Å². The van der Waals surface area contributed by atoms with Crippen LogP contribution in [0.25, 0.3) is 0 Å². The number of ether oxygens (including phenoxy) is 2. The molecule has 0 spiro atoms. The van der Waals surface area contributed by atoms with Gasteiger partial charge in [-0.15, -0.1) is 0 Å². The lowest BCUT2D eigenvalue weighted by Gasteiger charge is -2.23. The van der Waals surface area contributed by atoms with E-state index in [0.29, 0.717) is 18.8 Å². The van der Waals surface area contributed by atoms with Crippen molar-refractivity contribution < 1.29 is 9.47 Å². The third kappa shape index (κ3) is 2.08. The lowest BCUT2D eigenvalue weighted by atomic mass is 9.92. The minimum atomic E-state index is 0.335. The summed E-state index contributed by atoms with van der Waals surface area (Å²) < 4.78 is 11.0. The number of hydrogen-bond acceptors (Lipinski definition) is 3. The van der Waals surface area contributed by atoms with E-state index in [9.17, 15) is 0 Å². The molecule has 2 aromatic rings. The first-order valence-electron chi connectivity index (χ1n) is 7.96. The average molecular weight is 295 g/mol. The van der Waals surface area contributed by atoms with Crippen LogP contribution in [0.2, 0.25) is 0 Å². The van der Waals surface area contributed by atoms with E-state index in [-0.39, 0.29) is 0 Å². The van der Waals surface area contributed by atoms with E-state index >= 15 is 0 Å². The first kappa shape index (κ1) is 13.6. The average Bonchev–Trinajstić information content (AvgIpc) is 3.17. The second-order valence-corrected chi connectivity index (χ2v) is 6.12. The van der Waals surface area contributed by atoms with Crippen molar-refractivity contribution in [2.45, 2.75) is 25.3 Å². The van der Waals surface area contributed by atoms with Crippen molar-refractivity contribution in [3.8, 4) is 11.5 Å². The van der Waals surface area contributed by atoms with Crippen LogP contribution in [0.15, 0.2) is 42.5 Å². The molecule has 0 unspecified atom stereocenters. The third-order valence-electron chi connectivity index (χ3n) is 5.02. The summed E-state index contributed by atoms with van der Waals surface area (Å²) in [4.78, 5) is 2.44. The molecule has 0 fully saturated rings. The van der Waals surface area contributed by atoms with Crippen LogP contribution < -0.4 is 9.47 Å². The second kappa shape index (κ2) is 5.33. The second-order valence-electron chi connectivity index (χ2n) is 6.12. The molecule has 114 valence electrons. The van der Waals surface area contributed by atoms with Gasteiger partial charge in [-0.3, -0.25) is 4.90 Å². The van der Waals surface area contributed by atoms with Gasteiger partial charge >= 0.3 is 0 Å². The molecule has 0 radical (unpaired) electrons. The third-order valence-corrected chi connectivity index (χ3v) is 5.02. The zero-order valence-corrected chi connectivity index (χ0v) is 13.1. The largest absolute Gasteiger partial charge is 0.454 e. The maximum absolute atomic E-state index is 5.55. The van der Waals surface area contributed by atoms with Gasteiger partial charge in [-0.25, -0.2) is 0 Å². The molecule has 0 saturated heterocycles. The van der Waals surface area contributed by atoms with Crippen molar-refractivity contribution in [1.29, 1.82) is 0 Å². The predicted octanol–water partition coefficient (Wildman–Crippen LogP) is 3.94. The van der Waals surface area contributed by atoms with E-state index in [4.69, 9.17) is 9.47 Å². The van der Waals surface area contributed by atoms with Crippen molar-refractivity contribution >= 4 is 0 Å². The number of benzene rings is 2. The van der Waals surface area contributed by atoms with Gasteiger partial charge in [0.1, 0.15) is 0 Å². The Balaban J connectivity index is 1.74. The molecule has 3 heteroatoms. The fraction of sp³-hybridized carbons (Fsp3) is 0.368. The molecule has 1 heterocycles. The van der Waals surface area contributed by atoms with E-state index in [0.717, 1.165) is 24.5 Å². The molecule has 0 bridgehead atoms. The van der Waals surface area contributed by atoms with Gasteiger partial charge in [0.15, 0.2) is 11.5 Å². The van der Waals surface area contributed by atoms with Crippen molar-refractivity contribution in [3.63, 3.8) is 0 Å². The molecule has 0 aromatic heterocycles. The van der Waals surface area contributed by atoms with Crippen LogP contribution in [0.3, 0.4) is 0 Å². The molecule has 22 heavy (non-hydrogen) atoms. The van der Waals surface area contributed by atoms with Crippen LogP contribution in [0, 0.1) is 0 Å². The Labute approximate surface area is 131 Å². The van der Waals surface area contributed by atoms with Crippen molar-refractivity contribution in [2.24, 2.45) is 0 Å². The van der Waals surface area contributed by atoms with Crippen LogP contribution >= 0.6 is 0 Å². The maximum atomic E-state index is 5.55. The smallest absolute Gasteiger partial charge is 0.231 e. The van der Waals surface area contributed by atoms with Crippen molar-refractivity contribution in [1.82, 2.24) is 4.90 Å². The first-order chi connectivity index (χ1) is 10.8. The van der Waals surface area contributed by atoms with Gasteiger partial charge in [-0.2, -0.15) is 0 Å². The normalized spacial score (nSPS) is 22.1. The molecule has 0 N–H and O–H groups in total. The fourth-order valence-corrected chi connectivity index (χ4v) is 3.69. The molecule has 2 atom stereocenters. The Morgan fingerprint density at radius 3 is 2.64 bits per heavy atom. The Kier molecular flexibility index (Phi) is 3.30. The van der Waals surface area contributed by atoms with E-state index in [2.05, 4.69) is 55.3 Å². The highest BCUT2D eigenvalue weighted by molar-refractivity contribution is 5.50. The quantitative estimate of drug-likeness (QED) is 0.856. The summed E-state index contributed by atoms with van der Waals surface area (Å²) in [5.41, 5.74) is 4.24. The Morgan fingerprint density at radius 2 is 1.82 bits per heavy atom. The van der Waals surface area contributed by atoms with Gasteiger partial charge in [-0.05, 0) is 48.8 Å². The highest BCUT2D eigenvalue weighted by Crippen LogP contribution is 2.47. The Bertz CT molecular complexity index is 698. The summed E-state index contributed by atoms with van der Waals surface area (Å²) in [5, 5.41) is 0. The number of nitrogens with zero attached hydrogens (tertiary/aromatic N) is 1. The van der Waals surface area contributed by atoms with Gasteiger partial charge in [-0.1, -0.05) is 37.3 Å². The predicted molar refractivity (Wildman–Crippen MR) is 86.5 cm³/mol. The summed E-state index contributed by atoms with van der Waals surface area (Å²) in [6.07, 6.45) is 1.13. The highest BCUT2D eigenvalue weighted by Gasteiger charge is 2.34. The van der Waals surface area contributed by atoms with Gasteiger partial charge < -0.3 is 9.47 Å². The van der Waals surface area contributed by atoms with E-state index in [1.165, 1.54) is 16.7 Å². The van der Waals surface area contributed by atoms with E-state index in [1.54, 1.807) is 0 Å². The lowest BCUT2D eigenvalue weighted by Crippen LogP contribution is -2.22. The summed E-state index contributed by atoms with van der Waals surface area (Å²) >= 11 is 0. The molecule has 3 nitrogen and oxygen atoms in total. The molecule has 0 amide bonds. The number of hydrogen-bond donors (Lipinski definition) is 0. The van der Waals surface area contributed by atoms with Crippen LogP contribution in [-0.2, 0) is 0 Å². The first-order valence-corrected chi connectivity index (χ1v) is 7.96. The number of fused-ring (bicyclic) bond motifs is 2. The molecule has 2 aromatic carbocycles. The summed E-state index contributed by atoms with van der Waals surface area (Å²) in [7, 11) is 2.21. The standard InChI is InChI=1S/C19H21NO2/c1-3-20(2)17-11-16(14-6-4-5-7-15(14)17)13-8-9-18-19(10-13)22-12-21-18/h4-10,16-17H,3,11-12H2,1-2H3/t16-,17+/m1/s1. The molecular formula is C19H21NO2. The van der Waals surface area contributed by atoms with Gasteiger partial charge in [0.25, 0.3) is 0 Å². The van der Waals surface area contributed by atoms with Gasteiger partial charge in [0.05, 0.1) is 0 Å². The van der Waals surface area contributed by atoms with Crippen molar-refractivity contribution in [2.75, 3.05) is 20.4 Å². The fourth-order valence-electron chi connectivity index (χ4n) is 3.69. The summed E-state index contributed by atoms with van der Waals surface area (Å²) in [6, 6.07) is 15.7.